The zero-order chi connectivity index (χ0) is 18.1. The monoisotopic (exact) mass is 457 g/mol. The van der Waals surface area contributed by atoms with Crippen LogP contribution in [0.25, 0.3) is 0 Å². The number of benzene rings is 1. The van der Waals surface area contributed by atoms with E-state index in [-0.39, 0.29) is 23.2 Å². The van der Waals surface area contributed by atoms with E-state index >= 15 is 0 Å². The Bertz CT molecular complexity index is 459. The third-order valence-electron chi connectivity index (χ3n) is 4.17. The molecular weight excluding hydrogens is 429 g/mol. The quantitative estimate of drug-likeness (QED) is 0.663. The third kappa shape index (κ3) is 8.05. The normalized spacial score (nSPS) is 20.3. The molecule has 1 unspecified atom stereocenters. The van der Waals surface area contributed by atoms with Crippen LogP contribution in [-0.4, -0.2) is 45.1 Å². The van der Waals surface area contributed by atoms with E-state index in [9.17, 15) is 5.11 Å². The molecule has 138 valence electrons. The minimum Gasteiger partial charge on any atom is -0.0312 e. The van der Waals surface area contributed by atoms with Crippen LogP contribution in [0, 0.1) is 62.1 Å². The molecule has 1 aromatic rings. The SMILES string of the molecule is C[C@H]([C]1[CH][CH][CH][C]1[Se]CC(O)c1ccccc1)N(C)C.[CH]1[CH][CH][CH][CH]1.[Fe+2]. The molecule has 2 saturated carbocycles. The van der Waals surface area contributed by atoms with Gasteiger partial charge in [-0.3, -0.25) is 0 Å². The minimum atomic E-state index is -0.353. The summed E-state index contributed by atoms with van der Waals surface area (Å²) >= 11 is 0.304. The van der Waals surface area contributed by atoms with Gasteiger partial charge in [-0.1, -0.05) is 0 Å². The molecule has 4 heteroatoms. The van der Waals surface area contributed by atoms with Gasteiger partial charge in [-0.05, 0) is 32.1 Å². The van der Waals surface area contributed by atoms with Gasteiger partial charge in [-0.25, -0.2) is 0 Å². The van der Waals surface area contributed by atoms with Gasteiger partial charge < -0.3 is 0 Å². The largest absolute Gasteiger partial charge is 2.00 e. The second kappa shape index (κ2) is 13.4. The summed E-state index contributed by atoms with van der Waals surface area (Å²) in [5, 5.41) is 11.1. The van der Waals surface area contributed by atoms with E-state index in [0.29, 0.717) is 21.0 Å². The van der Waals surface area contributed by atoms with Crippen LogP contribution in [-0.2, 0) is 17.1 Å². The standard InChI is InChI=1S/C17H22NOSe.C5H5.Fe/c1-13(18(2)3)15-10-7-11-17(15)20-12-16(19)14-8-5-4-6-9-14;1-2-4-5-3-1;/h4-11,13,16,19H,12H2,1-3H3;1-5H;/q;;+2/t13-,16?;;/m1../s1. The summed E-state index contributed by atoms with van der Waals surface area (Å²) in [5.41, 5.74) is 1.02. The first-order valence-electron chi connectivity index (χ1n) is 8.54. The van der Waals surface area contributed by atoms with Crippen LogP contribution in [0.15, 0.2) is 30.3 Å². The summed E-state index contributed by atoms with van der Waals surface area (Å²) in [4.78, 5) is 3.64. The number of nitrogens with zero attached hydrogens (tertiary/aromatic N) is 1. The van der Waals surface area contributed by atoms with Crippen LogP contribution in [0.3, 0.4) is 0 Å². The van der Waals surface area contributed by atoms with Gasteiger partial charge in [0, 0.05) is 0 Å². The van der Waals surface area contributed by atoms with Crippen molar-refractivity contribution in [2.45, 2.75) is 24.4 Å². The van der Waals surface area contributed by atoms with E-state index in [4.69, 9.17) is 0 Å². The molecule has 0 bridgehead atoms. The molecule has 0 aromatic heterocycles. The molecule has 0 spiro atoms. The van der Waals surface area contributed by atoms with Crippen molar-refractivity contribution in [3.05, 3.63) is 98.0 Å². The Balaban J connectivity index is 0.000000486. The number of rotatable bonds is 6. The van der Waals surface area contributed by atoms with E-state index in [1.165, 1.54) is 10.7 Å². The van der Waals surface area contributed by atoms with E-state index in [2.05, 4.69) is 45.2 Å². The topological polar surface area (TPSA) is 23.5 Å². The number of aliphatic hydroxyl groups is 1. The minimum absolute atomic E-state index is 0. The molecule has 2 aliphatic rings. The third-order valence-corrected chi connectivity index (χ3v) is 6.61. The summed E-state index contributed by atoms with van der Waals surface area (Å²) in [6.07, 6.45) is 16.2. The Labute approximate surface area is 178 Å². The first-order valence-corrected chi connectivity index (χ1v) is 10.6. The van der Waals surface area contributed by atoms with Crippen LogP contribution in [0.5, 0.6) is 0 Å². The second-order valence-corrected chi connectivity index (χ2v) is 8.41. The van der Waals surface area contributed by atoms with Crippen LogP contribution >= 0.6 is 0 Å². The molecule has 3 rings (SSSR count). The van der Waals surface area contributed by atoms with Crippen molar-refractivity contribution in [3.63, 3.8) is 0 Å². The van der Waals surface area contributed by atoms with Crippen molar-refractivity contribution < 1.29 is 22.2 Å². The molecule has 1 aromatic carbocycles. The van der Waals surface area contributed by atoms with Crippen LogP contribution in [0.4, 0.5) is 0 Å². The Morgan fingerprint density at radius 2 is 1.50 bits per heavy atom. The molecular formula is C22H27FeNOSe+2. The predicted molar refractivity (Wildman–Crippen MR) is 106 cm³/mol. The number of hydrogen-bond donors (Lipinski definition) is 1. The molecule has 0 heterocycles. The molecule has 10 radical (unpaired) electrons. The van der Waals surface area contributed by atoms with Crippen molar-refractivity contribution in [1.82, 2.24) is 4.90 Å². The van der Waals surface area contributed by atoms with Gasteiger partial charge in [0.25, 0.3) is 0 Å². The fraction of sp³-hybridized carbons (Fsp3) is 0.273. The van der Waals surface area contributed by atoms with Crippen molar-refractivity contribution in [2.24, 2.45) is 0 Å². The van der Waals surface area contributed by atoms with Crippen LogP contribution in [0.1, 0.15) is 18.6 Å². The smallest absolute Gasteiger partial charge is 0.0312 e. The Morgan fingerprint density at radius 3 is 2.04 bits per heavy atom. The zero-order valence-electron chi connectivity index (χ0n) is 15.5. The first kappa shape index (κ1) is 24.2. The maximum Gasteiger partial charge on any atom is 2.00 e. The fourth-order valence-electron chi connectivity index (χ4n) is 2.43. The second-order valence-electron chi connectivity index (χ2n) is 6.18. The molecule has 0 amide bonds. The van der Waals surface area contributed by atoms with Crippen molar-refractivity contribution >= 4 is 15.0 Å². The van der Waals surface area contributed by atoms with Crippen molar-refractivity contribution in [3.8, 4) is 0 Å². The molecule has 2 nitrogen and oxygen atoms in total. The summed E-state index contributed by atoms with van der Waals surface area (Å²) in [6, 6.07) is 10.4. The average Bonchev–Trinajstić information content (AvgIpc) is 3.34. The molecule has 2 atom stereocenters. The molecule has 2 fully saturated rings. The van der Waals surface area contributed by atoms with Crippen molar-refractivity contribution in [1.29, 1.82) is 0 Å². The number of aliphatic hydroxyl groups excluding tert-OH is 1. The van der Waals surface area contributed by atoms with Gasteiger partial charge in [-0.2, -0.15) is 0 Å². The van der Waals surface area contributed by atoms with Crippen LogP contribution < -0.4 is 0 Å². The van der Waals surface area contributed by atoms with E-state index in [1.54, 1.807) is 0 Å². The van der Waals surface area contributed by atoms with Crippen LogP contribution in [0.2, 0.25) is 5.32 Å². The van der Waals surface area contributed by atoms with Gasteiger partial charge in [0.05, 0.1) is 0 Å². The van der Waals surface area contributed by atoms with E-state index in [0.717, 1.165) is 10.9 Å². The van der Waals surface area contributed by atoms with Gasteiger partial charge in [-0.15, -0.1) is 0 Å². The fourth-order valence-corrected chi connectivity index (χ4v) is 4.76. The van der Waals surface area contributed by atoms with Gasteiger partial charge in [0.2, 0.25) is 0 Å². The summed E-state index contributed by atoms with van der Waals surface area (Å²) in [6.45, 7) is 2.22. The summed E-state index contributed by atoms with van der Waals surface area (Å²) in [7, 11) is 4.21. The molecule has 1 N–H and O–H groups in total. The molecule has 2 aliphatic carbocycles. The predicted octanol–water partition coefficient (Wildman–Crippen LogP) is 3.54. The van der Waals surface area contributed by atoms with Gasteiger partial charge >= 0.3 is 146 Å². The van der Waals surface area contributed by atoms with E-state index in [1.807, 2.05) is 62.4 Å². The molecule has 0 aliphatic heterocycles. The average molecular weight is 456 g/mol. The van der Waals surface area contributed by atoms with Crippen molar-refractivity contribution in [2.75, 3.05) is 14.1 Å². The Morgan fingerprint density at radius 1 is 0.923 bits per heavy atom. The molecule has 0 saturated heterocycles. The number of hydrogen-bond acceptors (Lipinski definition) is 2. The maximum absolute atomic E-state index is 10.3. The van der Waals surface area contributed by atoms with E-state index < -0.39 is 0 Å². The maximum atomic E-state index is 10.3. The summed E-state index contributed by atoms with van der Waals surface area (Å²) < 4.78 is 0. The summed E-state index contributed by atoms with van der Waals surface area (Å²) in [5.74, 6) is 1.40. The first-order chi connectivity index (χ1) is 12.1. The zero-order valence-corrected chi connectivity index (χ0v) is 18.3. The van der Waals surface area contributed by atoms with Gasteiger partial charge in [0.15, 0.2) is 0 Å². The van der Waals surface area contributed by atoms with Gasteiger partial charge in [0.1, 0.15) is 0 Å². The molecule has 26 heavy (non-hydrogen) atoms. The Kier molecular flexibility index (Phi) is 12.5. The Hall–Kier alpha value is 0.179.